The van der Waals surface area contributed by atoms with Crippen LogP contribution in [0.2, 0.25) is 0 Å². The van der Waals surface area contributed by atoms with Gasteiger partial charge in [0.15, 0.2) is 0 Å². The van der Waals surface area contributed by atoms with Crippen molar-refractivity contribution in [2.75, 3.05) is 13.1 Å². The number of nitrogens with zero attached hydrogens (tertiary/aromatic N) is 2. The number of ketones is 1. The van der Waals surface area contributed by atoms with Crippen molar-refractivity contribution < 1.29 is 13.2 Å². The van der Waals surface area contributed by atoms with E-state index in [2.05, 4.69) is 18.8 Å². The van der Waals surface area contributed by atoms with Gasteiger partial charge in [-0.15, -0.1) is 11.3 Å². The van der Waals surface area contributed by atoms with Crippen molar-refractivity contribution in [1.82, 2.24) is 9.29 Å². The fourth-order valence-corrected chi connectivity index (χ4v) is 5.83. The second kappa shape index (κ2) is 9.96. The largest absolute Gasteiger partial charge is 0.299 e. The number of aromatic nitrogens is 1. The number of unbranched alkanes of at least 4 members (excludes halogenated alkanes) is 2. The fraction of sp³-hybridized carbons (Fsp3) is 0.545. The van der Waals surface area contributed by atoms with Gasteiger partial charge in [0.2, 0.25) is 10.0 Å². The van der Waals surface area contributed by atoms with Crippen LogP contribution in [0.4, 0.5) is 0 Å². The normalized spacial score (nSPS) is 16.2. The van der Waals surface area contributed by atoms with Crippen molar-refractivity contribution in [2.45, 2.75) is 63.7 Å². The molecule has 0 atom stereocenters. The Hall–Kier alpha value is -1.57. The number of hydrogen-bond donors (Lipinski definition) is 0. The molecule has 1 aliphatic rings. The average molecular weight is 435 g/mol. The standard InChI is InChI=1S/C22H30N2O3S2/c1-3-4-5-6-19(25)15-22-23-21(16-28-22)18-7-9-20(10-8-18)29(26,27)24-13-11-17(2)12-14-24/h7-10,16-17H,3-6,11-15H2,1-2H3. The minimum absolute atomic E-state index is 0.233. The molecule has 1 saturated heterocycles. The third-order valence-corrected chi connectivity index (χ3v) is 8.25. The number of carbonyl (C=O) groups is 1. The van der Waals surface area contributed by atoms with Crippen LogP contribution in [0.25, 0.3) is 11.3 Å². The van der Waals surface area contributed by atoms with E-state index >= 15 is 0 Å². The Morgan fingerprint density at radius 2 is 1.86 bits per heavy atom. The molecule has 1 fully saturated rings. The van der Waals surface area contributed by atoms with E-state index in [9.17, 15) is 13.2 Å². The topological polar surface area (TPSA) is 67.3 Å². The highest BCUT2D eigenvalue weighted by molar-refractivity contribution is 7.89. The molecular weight excluding hydrogens is 404 g/mol. The van der Waals surface area contributed by atoms with Gasteiger partial charge in [0, 0.05) is 30.5 Å². The summed E-state index contributed by atoms with van der Waals surface area (Å²) in [6.07, 6.45) is 5.96. The second-order valence-electron chi connectivity index (χ2n) is 7.91. The summed E-state index contributed by atoms with van der Waals surface area (Å²) in [5.74, 6) is 0.817. The molecule has 0 spiro atoms. The first-order valence-corrected chi connectivity index (χ1v) is 12.8. The van der Waals surface area contributed by atoms with Gasteiger partial charge >= 0.3 is 0 Å². The van der Waals surface area contributed by atoms with E-state index in [1.54, 1.807) is 28.6 Å². The Kier molecular flexibility index (Phi) is 7.60. The van der Waals surface area contributed by atoms with Gasteiger partial charge in [-0.2, -0.15) is 4.31 Å². The van der Waals surface area contributed by atoms with E-state index < -0.39 is 10.0 Å². The van der Waals surface area contributed by atoms with Crippen LogP contribution in [-0.4, -0.2) is 36.6 Å². The van der Waals surface area contributed by atoms with Gasteiger partial charge in [0.1, 0.15) is 10.8 Å². The summed E-state index contributed by atoms with van der Waals surface area (Å²) in [4.78, 5) is 17.0. The molecule has 1 aromatic heterocycles. The zero-order chi connectivity index (χ0) is 20.9. The third-order valence-electron chi connectivity index (χ3n) is 5.49. The number of hydrogen-bond acceptors (Lipinski definition) is 5. The predicted octanol–water partition coefficient (Wildman–Crippen LogP) is 4.92. The smallest absolute Gasteiger partial charge is 0.243 e. The van der Waals surface area contributed by atoms with Gasteiger partial charge in [-0.3, -0.25) is 4.79 Å². The molecule has 158 valence electrons. The van der Waals surface area contributed by atoms with Crippen molar-refractivity contribution in [3.05, 3.63) is 34.7 Å². The summed E-state index contributed by atoms with van der Waals surface area (Å²) < 4.78 is 27.3. The van der Waals surface area contributed by atoms with Crippen LogP contribution in [0.15, 0.2) is 34.5 Å². The lowest BCUT2D eigenvalue weighted by atomic mass is 10.0. The Morgan fingerprint density at radius 1 is 1.17 bits per heavy atom. The van der Waals surface area contributed by atoms with Gasteiger partial charge in [-0.05, 0) is 37.3 Å². The first-order chi connectivity index (χ1) is 13.9. The summed E-state index contributed by atoms with van der Waals surface area (Å²) >= 11 is 1.49. The van der Waals surface area contributed by atoms with Gasteiger partial charge in [-0.25, -0.2) is 13.4 Å². The molecule has 1 aliphatic heterocycles. The SMILES string of the molecule is CCCCCC(=O)Cc1nc(-c2ccc(S(=O)(=O)N3CCC(C)CC3)cc2)cs1. The lowest BCUT2D eigenvalue weighted by Gasteiger charge is -2.29. The van der Waals surface area contributed by atoms with E-state index in [1.807, 2.05) is 5.38 Å². The predicted molar refractivity (Wildman–Crippen MR) is 118 cm³/mol. The number of Topliss-reactive ketones (excluding diaryl/α,β-unsaturated/α-hetero) is 1. The number of benzene rings is 1. The van der Waals surface area contributed by atoms with Crippen LogP contribution in [0.5, 0.6) is 0 Å². The Morgan fingerprint density at radius 3 is 2.52 bits per heavy atom. The molecule has 0 saturated carbocycles. The molecule has 0 bridgehead atoms. The molecular formula is C22H30N2O3S2. The van der Waals surface area contributed by atoms with E-state index in [4.69, 9.17) is 0 Å². The molecule has 2 aromatic rings. The van der Waals surface area contributed by atoms with Crippen molar-refractivity contribution in [2.24, 2.45) is 5.92 Å². The minimum Gasteiger partial charge on any atom is -0.299 e. The maximum Gasteiger partial charge on any atom is 0.243 e. The van der Waals surface area contributed by atoms with Crippen molar-refractivity contribution in [1.29, 1.82) is 0 Å². The minimum atomic E-state index is -3.44. The van der Waals surface area contributed by atoms with Crippen molar-refractivity contribution in [3.63, 3.8) is 0 Å². The van der Waals surface area contributed by atoms with Crippen LogP contribution < -0.4 is 0 Å². The molecule has 0 unspecified atom stereocenters. The molecule has 1 aromatic carbocycles. The number of sulfonamides is 1. The zero-order valence-electron chi connectivity index (χ0n) is 17.3. The highest BCUT2D eigenvalue weighted by atomic mass is 32.2. The van der Waals surface area contributed by atoms with E-state index in [0.29, 0.717) is 36.7 Å². The maximum absolute atomic E-state index is 12.9. The molecule has 29 heavy (non-hydrogen) atoms. The third kappa shape index (κ3) is 5.74. The van der Waals surface area contributed by atoms with E-state index in [1.165, 1.54) is 11.3 Å². The summed E-state index contributed by atoms with van der Waals surface area (Å²) in [6, 6.07) is 6.94. The highest BCUT2D eigenvalue weighted by Gasteiger charge is 2.28. The number of carbonyl (C=O) groups excluding carboxylic acids is 1. The fourth-order valence-electron chi connectivity index (χ4n) is 3.53. The maximum atomic E-state index is 12.9. The average Bonchev–Trinajstić information content (AvgIpc) is 3.17. The summed E-state index contributed by atoms with van der Waals surface area (Å²) in [5, 5.41) is 2.75. The first kappa shape index (κ1) is 22.1. The molecule has 3 rings (SSSR count). The molecule has 7 heteroatoms. The second-order valence-corrected chi connectivity index (χ2v) is 10.8. The van der Waals surface area contributed by atoms with Crippen LogP contribution in [0, 0.1) is 5.92 Å². The van der Waals surface area contributed by atoms with Gasteiger partial charge in [0.05, 0.1) is 17.0 Å². The molecule has 0 amide bonds. The van der Waals surface area contributed by atoms with Crippen LogP contribution in [0.1, 0.15) is 57.4 Å². The monoisotopic (exact) mass is 434 g/mol. The van der Waals surface area contributed by atoms with Crippen LogP contribution >= 0.6 is 11.3 Å². The molecule has 2 heterocycles. The molecule has 0 radical (unpaired) electrons. The van der Waals surface area contributed by atoms with Gasteiger partial charge in [-0.1, -0.05) is 38.8 Å². The van der Waals surface area contributed by atoms with E-state index in [-0.39, 0.29) is 5.78 Å². The Bertz CT molecular complexity index is 912. The molecule has 5 nitrogen and oxygen atoms in total. The number of thiazole rings is 1. The Balaban J connectivity index is 1.64. The Labute approximate surface area is 178 Å². The summed E-state index contributed by atoms with van der Waals surface area (Å²) in [7, 11) is -3.44. The first-order valence-electron chi connectivity index (χ1n) is 10.5. The van der Waals surface area contributed by atoms with Crippen LogP contribution in [0.3, 0.4) is 0 Å². The van der Waals surface area contributed by atoms with Gasteiger partial charge in [0.25, 0.3) is 0 Å². The number of rotatable bonds is 9. The lowest BCUT2D eigenvalue weighted by Crippen LogP contribution is -2.37. The van der Waals surface area contributed by atoms with Crippen molar-refractivity contribution >= 4 is 27.1 Å². The lowest BCUT2D eigenvalue weighted by molar-refractivity contribution is -0.118. The number of piperidine rings is 1. The summed E-state index contributed by atoms with van der Waals surface area (Å²) in [5.41, 5.74) is 1.67. The van der Waals surface area contributed by atoms with E-state index in [0.717, 1.165) is 48.4 Å². The molecule has 0 aliphatic carbocycles. The van der Waals surface area contributed by atoms with Gasteiger partial charge < -0.3 is 0 Å². The van der Waals surface area contributed by atoms with Crippen LogP contribution in [-0.2, 0) is 21.2 Å². The van der Waals surface area contributed by atoms with Crippen molar-refractivity contribution in [3.8, 4) is 11.3 Å². The summed E-state index contributed by atoms with van der Waals surface area (Å²) in [6.45, 7) is 5.47. The molecule has 0 N–H and O–H groups in total. The highest BCUT2D eigenvalue weighted by Crippen LogP contribution is 2.27. The zero-order valence-corrected chi connectivity index (χ0v) is 18.9. The quantitative estimate of drug-likeness (QED) is 0.525.